The van der Waals surface area contributed by atoms with E-state index >= 15 is 0 Å². The summed E-state index contributed by atoms with van der Waals surface area (Å²) in [6.45, 7) is 1.85. The van der Waals surface area contributed by atoms with E-state index in [9.17, 15) is 0 Å². The van der Waals surface area contributed by atoms with Crippen molar-refractivity contribution in [3.05, 3.63) is 41.9 Å². The van der Waals surface area contributed by atoms with Gasteiger partial charge in [-0.15, -0.1) is 0 Å². The van der Waals surface area contributed by atoms with Crippen LogP contribution in [0, 0.1) is 0 Å². The summed E-state index contributed by atoms with van der Waals surface area (Å²) in [6, 6.07) is 6.34. The standard InChI is InChI=1S/C13H14ClN5/c1-18(13-11(14)6-15-9-17-13)10-7-19(8-10)12-4-2-3-5-16-12/h2-6,9-10H,7-8H2,1H3. The van der Waals surface area contributed by atoms with Gasteiger partial charge in [-0.3, -0.25) is 0 Å². The van der Waals surface area contributed by atoms with E-state index in [0.717, 1.165) is 24.7 Å². The van der Waals surface area contributed by atoms with Crippen molar-refractivity contribution in [1.29, 1.82) is 0 Å². The Morgan fingerprint density at radius 3 is 2.84 bits per heavy atom. The molecule has 0 amide bonds. The number of nitrogens with zero attached hydrogens (tertiary/aromatic N) is 5. The topological polar surface area (TPSA) is 45.2 Å². The molecule has 0 bridgehead atoms. The van der Waals surface area contributed by atoms with Crippen molar-refractivity contribution >= 4 is 23.2 Å². The third-order valence-corrected chi connectivity index (χ3v) is 3.63. The number of aromatic nitrogens is 3. The lowest BCUT2D eigenvalue weighted by Gasteiger charge is -2.45. The highest BCUT2D eigenvalue weighted by Gasteiger charge is 2.32. The second kappa shape index (κ2) is 5.01. The average molecular weight is 276 g/mol. The fourth-order valence-corrected chi connectivity index (χ4v) is 2.41. The molecule has 3 rings (SSSR count). The molecule has 0 saturated carbocycles. The minimum atomic E-state index is 0.398. The first-order valence-electron chi connectivity index (χ1n) is 6.10. The van der Waals surface area contributed by atoms with Crippen LogP contribution in [0.15, 0.2) is 36.9 Å². The molecule has 98 valence electrons. The van der Waals surface area contributed by atoms with Crippen LogP contribution in [0.25, 0.3) is 0 Å². The third-order valence-electron chi connectivity index (χ3n) is 3.37. The minimum absolute atomic E-state index is 0.398. The van der Waals surface area contributed by atoms with Crippen molar-refractivity contribution < 1.29 is 0 Å². The van der Waals surface area contributed by atoms with Crippen LogP contribution in [0.3, 0.4) is 0 Å². The smallest absolute Gasteiger partial charge is 0.150 e. The van der Waals surface area contributed by atoms with Gasteiger partial charge in [0.25, 0.3) is 0 Å². The molecule has 2 aromatic rings. The molecule has 0 spiro atoms. The number of rotatable bonds is 3. The predicted molar refractivity (Wildman–Crippen MR) is 75.7 cm³/mol. The van der Waals surface area contributed by atoms with Gasteiger partial charge in [-0.1, -0.05) is 17.7 Å². The molecule has 3 heterocycles. The highest BCUT2D eigenvalue weighted by molar-refractivity contribution is 6.32. The monoisotopic (exact) mass is 275 g/mol. The highest BCUT2D eigenvalue weighted by atomic mass is 35.5. The van der Waals surface area contributed by atoms with Crippen LogP contribution < -0.4 is 9.80 Å². The van der Waals surface area contributed by atoms with Crippen LogP contribution in [0.1, 0.15) is 0 Å². The normalized spacial score (nSPS) is 15.2. The fraction of sp³-hybridized carbons (Fsp3) is 0.308. The first-order valence-corrected chi connectivity index (χ1v) is 6.48. The molecular formula is C13H14ClN5. The molecule has 0 radical (unpaired) electrons. The van der Waals surface area contributed by atoms with E-state index in [2.05, 4.69) is 24.8 Å². The first-order chi connectivity index (χ1) is 9.25. The molecule has 6 heteroatoms. The SMILES string of the molecule is CN(c1ncncc1Cl)C1CN(c2ccccn2)C1. The Morgan fingerprint density at radius 2 is 2.16 bits per heavy atom. The number of likely N-dealkylation sites (N-methyl/N-ethyl adjacent to an activating group) is 1. The van der Waals surface area contributed by atoms with Crippen molar-refractivity contribution in [2.75, 3.05) is 29.9 Å². The summed E-state index contributed by atoms with van der Waals surface area (Å²) in [4.78, 5) is 16.8. The number of pyridine rings is 1. The van der Waals surface area contributed by atoms with Gasteiger partial charge >= 0.3 is 0 Å². The first kappa shape index (κ1) is 12.2. The second-order valence-electron chi connectivity index (χ2n) is 4.55. The van der Waals surface area contributed by atoms with Gasteiger partial charge in [-0.2, -0.15) is 0 Å². The molecule has 1 aliphatic rings. The molecule has 19 heavy (non-hydrogen) atoms. The van der Waals surface area contributed by atoms with E-state index < -0.39 is 0 Å². The van der Waals surface area contributed by atoms with Gasteiger partial charge < -0.3 is 9.80 Å². The van der Waals surface area contributed by atoms with E-state index in [1.807, 2.05) is 31.4 Å². The Balaban J connectivity index is 1.66. The molecule has 1 saturated heterocycles. The maximum absolute atomic E-state index is 6.11. The van der Waals surface area contributed by atoms with Crippen LogP contribution in [0.5, 0.6) is 0 Å². The average Bonchev–Trinajstić information content (AvgIpc) is 2.38. The van der Waals surface area contributed by atoms with Crippen molar-refractivity contribution in [3.63, 3.8) is 0 Å². The van der Waals surface area contributed by atoms with E-state index in [1.165, 1.54) is 6.33 Å². The predicted octanol–water partition coefficient (Wildman–Crippen LogP) is 1.85. The molecule has 1 aliphatic heterocycles. The third kappa shape index (κ3) is 2.33. The number of hydrogen-bond donors (Lipinski definition) is 0. The zero-order chi connectivity index (χ0) is 13.2. The summed E-state index contributed by atoms with van der Waals surface area (Å²) in [6.07, 6.45) is 4.95. The van der Waals surface area contributed by atoms with Gasteiger partial charge in [0.05, 0.1) is 12.2 Å². The Kier molecular flexibility index (Phi) is 3.21. The second-order valence-corrected chi connectivity index (χ2v) is 4.96. The van der Waals surface area contributed by atoms with Gasteiger partial charge in [0.2, 0.25) is 0 Å². The molecule has 5 nitrogen and oxygen atoms in total. The molecule has 2 aromatic heterocycles. The maximum atomic E-state index is 6.11. The quantitative estimate of drug-likeness (QED) is 0.855. The summed E-state index contributed by atoms with van der Waals surface area (Å²) in [5.74, 6) is 1.79. The Hall–Kier alpha value is -1.88. The van der Waals surface area contributed by atoms with Crippen molar-refractivity contribution in [2.45, 2.75) is 6.04 Å². The van der Waals surface area contributed by atoms with Crippen molar-refractivity contribution in [1.82, 2.24) is 15.0 Å². The van der Waals surface area contributed by atoms with Crippen LogP contribution >= 0.6 is 11.6 Å². The molecule has 0 N–H and O–H groups in total. The minimum Gasteiger partial charge on any atom is -0.352 e. The maximum Gasteiger partial charge on any atom is 0.150 e. The largest absolute Gasteiger partial charge is 0.352 e. The van der Waals surface area contributed by atoms with Gasteiger partial charge in [0.15, 0.2) is 5.82 Å². The number of hydrogen-bond acceptors (Lipinski definition) is 5. The molecule has 0 atom stereocenters. The van der Waals surface area contributed by atoms with Crippen LogP contribution in [-0.4, -0.2) is 41.1 Å². The Morgan fingerprint density at radius 1 is 1.32 bits per heavy atom. The fourth-order valence-electron chi connectivity index (χ4n) is 2.17. The Labute approximate surface area is 116 Å². The molecule has 0 unspecified atom stereocenters. The van der Waals surface area contributed by atoms with E-state index in [4.69, 9.17) is 11.6 Å². The van der Waals surface area contributed by atoms with Crippen molar-refractivity contribution in [3.8, 4) is 0 Å². The van der Waals surface area contributed by atoms with E-state index in [0.29, 0.717) is 11.1 Å². The summed E-state index contributed by atoms with van der Waals surface area (Å²) in [7, 11) is 2.01. The summed E-state index contributed by atoms with van der Waals surface area (Å²) >= 11 is 6.11. The summed E-state index contributed by atoms with van der Waals surface area (Å²) in [5.41, 5.74) is 0. The highest BCUT2D eigenvalue weighted by Crippen LogP contribution is 2.27. The van der Waals surface area contributed by atoms with Gasteiger partial charge in [-0.05, 0) is 12.1 Å². The lowest BCUT2D eigenvalue weighted by molar-refractivity contribution is 0.489. The van der Waals surface area contributed by atoms with E-state index in [-0.39, 0.29) is 0 Å². The van der Waals surface area contributed by atoms with Gasteiger partial charge in [0.1, 0.15) is 17.2 Å². The summed E-state index contributed by atoms with van der Waals surface area (Å²) in [5, 5.41) is 0.585. The number of halogens is 1. The molecular weight excluding hydrogens is 262 g/mol. The van der Waals surface area contributed by atoms with Crippen LogP contribution in [0.4, 0.5) is 11.6 Å². The van der Waals surface area contributed by atoms with Gasteiger partial charge in [-0.25, -0.2) is 15.0 Å². The Bertz CT molecular complexity index is 556. The zero-order valence-electron chi connectivity index (χ0n) is 10.6. The molecule has 0 aromatic carbocycles. The van der Waals surface area contributed by atoms with Crippen molar-refractivity contribution in [2.24, 2.45) is 0 Å². The molecule has 0 aliphatic carbocycles. The molecule has 1 fully saturated rings. The number of anilines is 2. The van der Waals surface area contributed by atoms with Crippen LogP contribution in [0.2, 0.25) is 5.02 Å². The van der Waals surface area contributed by atoms with Gasteiger partial charge in [0, 0.05) is 26.3 Å². The van der Waals surface area contributed by atoms with Crippen LogP contribution in [-0.2, 0) is 0 Å². The lowest BCUT2D eigenvalue weighted by Crippen LogP contribution is -2.59. The zero-order valence-corrected chi connectivity index (χ0v) is 11.3. The van der Waals surface area contributed by atoms with E-state index in [1.54, 1.807) is 6.20 Å². The summed E-state index contributed by atoms with van der Waals surface area (Å²) < 4.78 is 0. The lowest BCUT2D eigenvalue weighted by atomic mass is 10.1.